The van der Waals surface area contributed by atoms with Crippen molar-refractivity contribution in [2.24, 2.45) is 11.8 Å². The Hall–Kier alpha value is -2.51. The molecule has 0 bridgehead atoms. The lowest BCUT2D eigenvalue weighted by atomic mass is 9.79. The van der Waals surface area contributed by atoms with Gasteiger partial charge in [0.15, 0.2) is 0 Å². The number of benzene rings is 1. The van der Waals surface area contributed by atoms with E-state index in [4.69, 9.17) is 4.74 Å². The highest BCUT2D eigenvalue weighted by Gasteiger charge is 2.30. The monoisotopic (exact) mass is 498 g/mol. The summed E-state index contributed by atoms with van der Waals surface area (Å²) < 4.78 is 20.8. The molecule has 0 radical (unpaired) electrons. The number of aryl methyl sites for hydroxylation is 1. The van der Waals surface area contributed by atoms with Crippen molar-refractivity contribution in [2.75, 3.05) is 26.7 Å². The Morgan fingerprint density at radius 1 is 1.29 bits per heavy atom. The maximum atomic E-state index is 15.5. The zero-order valence-electron chi connectivity index (χ0n) is 20.4. The second-order valence-corrected chi connectivity index (χ2v) is 10.4. The van der Waals surface area contributed by atoms with Gasteiger partial charge in [-0.2, -0.15) is 11.3 Å². The lowest BCUT2D eigenvalue weighted by Gasteiger charge is -2.39. The number of pyridine rings is 1. The molecular formula is C28H35FN2O3S. The number of methoxy groups -OCH3 is 1. The summed E-state index contributed by atoms with van der Waals surface area (Å²) in [4.78, 5) is 18.1. The third kappa shape index (κ3) is 7.01. The van der Waals surface area contributed by atoms with Gasteiger partial charge in [-0.1, -0.05) is 0 Å². The predicted octanol–water partition coefficient (Wildman–Crippen LogP) is 6.53. The van der Waals surface area contributed by atoms with E-state index in [1.165, 1.54) is 5.56 Å². The van der Waals surface area contributed by atoms with Gasteiger partial charge in [0.05, 0.1) is 12.6 Å². The number of ether oxygens (including phenoxy) is 1. The Balaban J connectivity index is 1.36. The molecular weight excluding hydrogens is 463 g/mol. The molecule has 3 aromatic rings. The SMILES string of the molecule is COc1ccc2nccc([C@@H](F)CCC3CCN(CCCc4ccsc4)CC3CCC(=O)O)c2c1. The minimum atomic E-state index is -1.09. The molecule has 3 heterocycles. The van der Waals surface area contributed by atoms with Crippen molar-refractivity contribution < 1.29 is 19.0 Å². The summed E-state index contributed by atoms with van der Waals surface area (Å²) in [7, 11) is 1.61. The van der Waals surface area contributed by atoms with E-state index in [1.807, 2.05) is 18.2 Å². The fourth-order valence-electron chi connectivity index (χ4n) is 5.38. The normalized spacial score (nSPS) is 19.6. The molecule has 1 saturated heterocycles. The number of carboxylic acid groups (broad SMARTS) is 1. The average Bonchev–Trinajstić information content (AvgIpc) is 3.39. The van der Waals surface area contributed by atoms with Crippen LogP contribution in [0.25, 0.3) is 10.9 Å². The van der Waals surface area contributed by atoms with Crippen molar-refractivity contribution in [3.63, 3.8) is 0 Å². The van der Waals surface area contributed by atoms with Gasteiger partial charge >= 0.3 is 5.97 Å². The van der Waals surface area contributed by atoms with E-state index >= 15 is 4.39 Å². The molecule has 2 unspecified atom stereocenters. The summed E-state index contributed by atoms with van der Waals surface area (Å²) >= 11 is 1.73. The van der Waals surface area contributed by atoms with Crippen LogP contribution in [-0.2, 0) is 11.2 Å². The molecule has 0 amide bonds. The number of alkyl halides is 1. The number of hydrogen-bond donors (Lipinski definition) is 1. The minimum absolute atomic E-state index is 0.178. The first kappa shape index (κ1) is 25.6. The first-order chi connectivity index (χ1) is 17.0. The van der Waals surface area contributed by atoms with Gasteiger partial charge in [0.1, 0.15) is 11.9 Å². The van der Waals surface area contributed by atoms with Crippen LogP contribution in [0.5, 0.6) is 5.75 Å². The lowest BCUT2D eigenvalue weighted by Crippen LogP contribution is -2.41. The van der Waals surface area contributed by atoms with Crippen molar-refractivity contribution in [1.82, 2.24) is 9.88 Å². The van der Waals surface area contributed by atoms with Crippen LogP contribution in [0.15, 0.2) is 47.3 Å². The smallest absolute Gasteiger partial charge is 0.303 e. The molecule has 7 heteroatoms. The summed E-state index contributed by atoms with van der Waals surface area (Å²) in [6.45, 7) is 2.95. The number of aliphatic carboxylic acids is 1. The third-order valence-corrected chi connectivity index (χ3v) is 8.07. The van der Waals surface area contributed by atoms with Crippen molar-refractivity contribution in [3.8, 4) is 5.75 Å². The molecule has 2 aromatic heterocycles. The predicted molar refractivity (Wildman–Crippen MR) is 139 cm³/mol. The Morgan fingerprint density at radius 2 is 2.17 bits per heavy atom. The van der Waals surface area contributed by atoms with E-state index in [1.54, 1.807) is 30.7 Å². The van der Waals surface area contributed by atoms with Crippen LogP contribution >= 0.6 is 11.3 Å². The number of carboxylic acids is 1. The molecule has 0 aliphatic carbocycles. The van der Waals surface area contributed by atoms with Crippen molar-refractivity contribution >= 4 is 28.2 Å². The first-order valence-corrected chi connectivity index (χ1v) is 13.5. The van der Waals surface area contributed by atoms with Crippen LogP contribution < -0.4 is 4.74 Å². The summed E-state index contributed by atoms with van der Waals surface area (Å²) in [5.74, 6) is 0.587. The molecule has 0 saturated carbocycles. The minimum Gasteiger partial charge on any atom is -0.497 e. The van der Waals surface area contributed by atoms with E-state index in [9.17, 15) is 9.90 Å². The zero-order valence-corrected chi connectivity index (χ0v) is 21.2. The fraction of sp³-hybridized carbons (Fsp3) is 0.500. The van der Waals surface area contributed by atoms with Gasteiger partial charge in [-0.3, -0.25) is 9.78 Å². The van der Waals surface area contributed by atoms with Crippen LogP contribution in [0.4, 0.5) is 4.39 Å². The molecule has 188 valence electrons. The number of halogens is 1. The topological polar surface area (TPSA) is 62.7 Å². The first-order valence-electron chi connectivity index (χ1n) is 12.6. The molecule has 3 atom stereocenters. The molecule has 35 heavy (non-hydrogen) atoms. The zero-order chi connectivity index (χ0) is 24.6. The number of aromatic nitrogens is 1. The Kier molecular flexibility index (Phi) is 9.10. The highest BCUT2D eigenvalue weighted by atomic mass is 32.1. The maximum Gasteiger partial charge on any atom is 0.303 e. The largest absolute Gasteiger partial charge is 0.497 e. The molecule has 1 aromatic carbocycles. The second-order valence-electron chi connectivity index (χ2n) is 9.61. The van der Waals surface area contributed by atoms with Gasteiger partial charge in [0, 0.05) is 24.5 Å². The van der Waals surface area contributed by atoms with Gasteiger partial charge in [-0.25, -0.2) is 4.39 Å². The van der Waals surface area contributed by atoms with Gasteiger partial charge in [-0.05, 0) is 116 Å². The number of rotatable bonds is 12. The standard InChI is InChI=1S/C28H35FN2O3S/c1-34-23-6-8-27-25(17-23)24(10-13-30-27)26(29)7-4-21-11-15-31(18-22(21)5-9-28(32)33)14-2-3-20-12-16-35-19-20/h6,8,10,12-13,16-17,19,21-22,26H,2-5,7,9,11,14-15,18H2,1H3,(H,32,33)/t21?,22?,26-/m0/s1. The van der Waals surface area contributed by atoms with Crippen LogP contribution in [0.1, 0.15) is 55.8 Å². The van der Waals surface area contributed by atoms with E-state index in [2.05, 4.69) is 26.7 Å². The Labute approximate surface area is 210 Å². The second kappa shape index (κ2) is 12.5. The van der Waals surface area contributed by atoms with Crippen LogP contribution in [0.3, 0.4) is 0 Å². The van der Waals surface area contributed by atoms with Crippen LogP contribution in [-0.4, -0.2) is 47.7 Å². The van der Waals surface area contributed by atoms with Gasteiger partial charge in [0.25, 0.3) is 0 Å². The number of nitrogens with zero attached hydrogens (tertiary/aromatic N) is 2. The van der Waals surface area contributed by atoms with Gasteiger partial charge in [0.2, 0.25) is 0 Å². The fourth-order valence-corrected chi connectivity index (χ4v) is 6.08. The van der Waals surface area contributed by atoms with E-state index in [-0.39, 0.29) is 6.42 Å². The molecule has 5 nitrogen and oxygen atoms in total. The van der Waals surface area contributed by atoms with Gasteiger partial charge in [-0.15, -0.1) is 0 Å². The highest BCUT2D eigenvalue weighted by molar-refractivity contribution is 7.07. The quantitative estimate of drug-likeness (QED) is 0.308. The molecule has 1 N–H and O–H groups in total. The number of hydrogen-bond acceptors (Lipinski definition) is 5. The molecule has 4 rings (SSSR count). The molecule has 1 fully saturated rings. The van der Waals surface area contributed by atoms with Crippen molar-refractivity contribution in [2.45, 2.75) is 51.1 Å². The van der Waals surface area contributed by atoms with E-state index in [0.717, 1.165) is 56.2 Å². The number of thiophene rings is 1. The number of carbonyl (C=O) groups is 1. The molecule has 1 aliphatic heterocycles. The lowest BCUT2D eigenvalue weighted by molar-refractivity contribution is -0.137. The average molecular weight is 499 g/mol. The van der Waals surface area contributed by atoms with Crippen molar-refractivity contribution in [3.05, 3.63) is 58.4 Å². The van der Waals surface area contributed by atoms with Crippen molar-refractivity contribution in [1.29, 1.82) is 0 Å². The number of likely N-dealkylation sites (tertiary alicyclic amines) is 1. The van der Waals surface area contributed by atoms with E-state index < -0.39 is 12.1 Å². The van der Waals surface area contributed by atoms with Gasteiger partial charge < -0.3 is 14.7 Å². The van der Waals surface area contributed by atoms with Crippen LogP contribution in [0.2, 0.25) is 0 Å². The Bertz CT molecular complexity index is 1090. The summed E-state index contributed by atoms with van der Waals surface area (Å²) in [6.07, 6.45) is 5.81. The summed E-state index contributed by atoms with van der Waals surface area (Å²) in [5.41, 5.74) is 2.81. The number of fused-ring (bicyclic) bond motifs is 1. The number of piperidine rings is 1. The summed E-state index contributed by atoms with van der Waals surface area (Å²) in [5, 5.41) is 14.4. The maximum absolute atomic E-state index is 15.5. The molecule has 1 aliphatic rings. The third-order valence-electron chi connectivity index (χ3n) is 7.34. The highest BCUT2D eigenvalue weighted by Crippen LogP contribution is 2.36. The molecule has 0 spiro atoms. The van der Waals surface area contributed by atoms with Crippen LogP contribution in [0, 0.1) is 11.8 Å². The van der Waals surface area contributed by atoms with E-state index in [0.29, 0.717) is 36.0 Å². The summed E-state index contributed by atoms with van der Waals surface area (Å²) in [6, 6.07) is 9.51. The Morgan fingerprint density at radius 3 is 2.94 bits per heavy atom.